The summed E-state index contributed by atoms with van der Waals surface area (Å²) in [6.07, 6.45) is 0. The second-order valence-corrected chi connectivity index (χ2v) is 17.0. The number of non-ortho nitro benzene ring substituents is 1. The van der Waals surface area contributed by atoms with E-state index < -0.39 is 8.32 Å². The monoisotopic (exact) mass is 536 g/mol. The van der Waals surface area contributed by atoms with Crippen LogP contribution in [0.5, 0.6) is 5.88 Å². The summed E-state index contributed by atoms with van der Waals surface area (Å²) >= 11 is 1.58. The molecule has 5 aromatic carbocycles. The molecule has 0 unspecified atom stereocenters. The minimum Gasteiger partial charge on any atom is -0.530 e. The smallest absolute Gasteiger partial charge is 0.269 e. The number of aromatic nitrogens is 1. The van der Waals surface area contributed by atoms with Crippen molar-refractivity contribution in [3.8, 4) is 26.9 Å². The lowest BCUT2D eigenvalue weighted by Crippen LogP contribution is -2.44. The first kappa shape index (κ1) is 24.5. The molecule has 6 aromatic rings. The summed E-state index contributed by atoms with van der Waals surface area (Å²) in [6, 6.07) is 26.2. The normalized spacial score (nSPS) is 12.6. The Balaban J connectivity index is 1.57. The van der Waals surface area contributed by atoms with E-state index >= 15 is 0 Å². The molecule has 38 heavy (non-hydrogen) atoms. The summed E-state index contributed by atoms with van der Waals surface area (Å²) in [6.45, 7) is 11.0. The molecule has 0 bridgehead atoms. The quantitative estimate of drug-likeness (QED) is 0.0952. The van der Waals surface area contributed by atoms with Gasteiger partial charge in [0.25, 0.3) is 14.0 Å². The SMILES string of the molecule is CC(C)(C)[Si](C)(C)Oc1nc(-c2ccc3ccc4cccc5ccc2c3c45)sc1-c1ccc([N+](=O)[O-])cc1. The van der Waals surface area contributed by atoms with Crippen molar-refractivity contribution >= 4 is 57.7 Å². The van der Waals surface area contributed by atoms with E-state index in [1.165, 1.54) is 26.9 Å². The standard InChI is InChI=1S/C31H28N2O3SSi/c1-31(2,3)38(4,5)36-29-28(22-11-15-23(16-12-22)33(34)35)37-30(32-29)25-18-14-21-10-9-19-7-6-8-20-13-17-24(25)27(21)26(19)20/h6-18H,1-5H3. The predicted molar refractivity (Wildman–Crippen MR) is 161 cm³/mol. The van der Waals surface area contributed by atoms with Crippen LogP contribution in [0.4, 0.5) is 5.69 Å². The summed E-state index contributed by atoms with van der Waals surface area (Å²) in [5.74, 6) is 0.608. The fourth-order valence-corrected chi connectivity index (χ4v) is 6.77. The Bertz CT molecular complexity index is 1820. The van der Waals surface area contributed by atoms with Gasteiger partial charge in [-0.25, -0.2) is 4.98 Å². The summed E-state index contributed by atoms with van der Waals surface area (Å²) in [7, 11) is -2.20. The van der Waals surface area contributed by atoms with Gasteiger partial charge in [-0.15, -0.1) is 11.3 Å². The Kier molecular flexibility index (Phi) is 5.56. The molecule has 0 radical (unpaired) electrons. The third-order valence-electron chi connectivity index (χ3n) is 7.85. The second kappa shape index (κ2) is 8.61. The minimum absolute atomic E-state index is 0.00345. The molecule has 0 saturated heterocycles. The highest BCUT2D eigenvalue weighted by atomic mass is 32.1. The second-order valence-electron chi connectivity index (χ2n) is 11.3. The summed E-state index contributed by atoms with van der Waals surface area (Å²) < 4.78 is 6.76. The van der Waals surface area contributed by atoms with E-state index in [0.29, 0.717) is 5.88 Å². The largest absolute Gasteiger partial charge is 0.530 e. The van der Waals surface area contributed by atoms with E-state index in [1.54, 1.807) is 35.6 Å². The average Bonchev–Trinajstić information content (AvgIpc) is 3.29. The molecule has 0 aliphatic rings. The van der Waals surface area contributed by atoms with Crippen LogP contribution in [0.3, 0.4) is 0 Å². The van der Waals surface area contributed by atoms with Crippen LogP contribution in [-0.2, 0) is 0 Å². The first-order valence-electron chi connectivity index (χ1n) is 12.6. The zero-order chi connectivity index (χ0) is 26.8. The van der Waals surface area contributed by atoms with Crippen LogP contribution in [0.25, 0.3) is 53.3 Å². The number of nitro groups is 1. The molecule has 1 heterocycles. The van der Waals surface area contributed by atoms with Crippen LogP contribution in [0.2, 0.25) is 18.1 Å². The fraction of sp³-hybridized carbons (Fsp3) is 0.194. The topological polar surface area (TPSA) is 65.3 Å². The minimum atomic E-state index is -2.20. The molecule has 6 rings (SSSR count). The van der Waals surface area contributed by atoms with Crippen molar-refractivity contribution in [3.05, 3.63) is 89.0 Å². The molecule has 0 aliphatic carbocycles. The van der Waals surface area contributed by atoms with Crippen molar-refractivity contribution in [2.45, 2.75) is 38.9 Å². The van der Waals surface area contributed by atoms with Crippen LogP contribution >= 0.6 is 11.3 Å². The van der Waals surface area contributed by atoms with Crippen LogP contribution in [0, 0.1) is 10.1 Å². The number of hydrogen-bond donors (Lipinski definition) is 0. The van der Waals surface area contributed by atoms with Gasteiger partial charge in [-0.05, 0) is 68.1 Å². The number of rotatable bonds is 5. The van der Waals surface area contributed by atoms with Crippen molar-refractivity contribution in [2.75, 3.05) is 0 Å². The number of nitro benzene ring substituents is 1. The highest BCUT2D eigenvalue weighted by molar-refractivity contribution is 7.18. The summed E-state index contributed by atoms with van der Waals surface area (Å²) in [5, 5.41) is 19.5. The molecule has 1 aromatic heterocycles. The first-order valence-corrected chi connectivity index (χ1v) is 16.4. The van der Waals surface area contributed by atoms with E-state index in [9.17, 15) is 10.1 Å². The van der Waals surface area contributed by atoms with E-state index in [4.69, 9.17) is 9.41 Å². The van der Waals surface area contributed by atoms with Crippen LogP contribution in [0.1, 0.15) is 20.8 Å². The van der Waals surface area contributed by atoms with E-state index in [1.807, 2.05) is 0 Å². The van der Waals surface area contributed by atoms with Gasteiger partial charge in [0, 0.05) is 17.7 Å². The van der Waals surface area contributed by atoms with Gasteiger partial charge >= 0.3 is 0 Å². The number of benzene rings is 5. The molecule has 0 spiro atoms. The maximum atomic E-state index is 11.2. The number of hydrogen-bond acceptors (Lipinski definition) is 5. The van der Waals surface area contributed by atoms with Gasteiger partial charge in [-0.2, -0.15) is 0 Å². The van der Waals surface area contributed by atoms with Gasteiger partial charge in [-0.3, -0.25) is 10.1 Å². The Morgan fingerprint density at radius 1 is 0.842 bits per heavy atom. The number of thiazole rings is 1. The molecule has 0 saturated carbocycles. The Morgan fingerprint density at radius 2 is 1.45 bits per heavy atom. The van der Waals surface area contributed by atoms with Crippen molar-refractivity contribution < 1.29 is 9.35 Å². The van der Waals surface area contributed by atoms with E-state index in [-0.39, 0.29) is 15.6 Å². The van der Waals surface area contributed by atoms with Crippen LogP contribution in [-0.4, -0.2) is 18.2 Å². The molecule has 0 amide bonds. The Hall–Kier alpha value is -3.81. The van der Waals surface area contributed by atoms with E-state index in [0.717, 1.165) is 26.4 Å². The molecule has 0 fully saturated rings. The molecular weight excluding hydrogens is 509 g/mol. The highest BCUT2D eigenvalue weighted by Crippen LogP contribution is 2.47. The molecule has 0 aliphatic heterocycles. The Morgan fingerprint density at radius 3 is 2.08 bits per heavy atom. The molecule has 0 atom stereocenters. The maximum Gasteiger partial charge on any atom is 0.269 e. The van der Waals surface area contributed by atoms with E-state index in [2.05, 4.69) is 88.5 Å². The average molecular weight is 537 g/mol. The van der Waals surface area contributed by atoms with Gasteiger partial charge in [0.15, 0.2) is 0 Å². The fourth-order valence-electron chi connectivity index (χ4n) is 4.72. The first-order chi connectivity index (χ1) is 18.0. The van der Waals surface area contributed by atoms with Gasteiger partial charge in [-0.1, -0.05) is 75.4 Å². The zero-order valence-electron chi connectivity index (χ0n) is 22.0. The zero-order valence-corrected chi connectivity index (χ0v) is 23.8. The molecule has 5 nitrogen and oxygen atoms in total. The summed E-state index contributed by atoms with van der Waals surface area (Å²) in [5.41, 5.74) is 2.00. The van der Waals surface area contributed by atoms with Crippen LogP contribution in [0.15, 0.2) is 78.9 Å². The third-order valence-corrected chi connectivity index (χ3v) is 13.3. The maximum absolute atomic E-state index is 11.2. The van der Waals surface area contributed by atoms with Gasteiger partial charge in [0.1, 0.15) is 5.01 Å². The lowest BCUT2D eigenvalue weighted by molar-refractivity contribution is -0.384. The van der Waals surface area contributed by atoms with Gasteiger partial charge in [0.05, 0.1) is 9.80 Å². The van der Waals surface area contributed by atoms with Gasteiger partial charge in [0.2, 0.25) is 5.88 Å². The lowest BCUT2D eigenvalue weighted by atomic mass is 9.92. The van der Waals surface area contributed by atoms with Crippen LogP contribution < -0.4 is 4.43 Å². The van der Waals surface area contributed by atoms with Gasteiger partial charge < -0.3 is 4.43 Å². The van der Waals surface area contributed by atoms with Crippen molar-refractivity contribution in [1.29, 1.82) is 0 Å². The predicted octanol–water partition coefficient (Wildman–Crippen LogP) is 9.67. The summed E-state index contributed by atoms with van der Waals surface area (Å²) in [4.78, 5) is 16.9. The number of nitrogens with zero attached hydrogens (tertiary/aromatic N) is 2. The molecule has 190 valence electrons. The molecule has 0 N–H and O–H groups in total. The Labute approximate surface area is 226 Å². The third kappa shape index (κ3) is 3.94. The molecular formula is C31H28N2O3SSi. The van der Waals surface area contributed by atoms with Crippen molar-refractivity contribution in [1.82, 2.24) is 4.98 Å². The van der Waals surface area contributed by atoms with Crippen molar-refractivity contribution in [2.24, 2.45) is 0 Å². The highest BCUT2D eigenvalue weighted by Gasteiger charge is 2.40. The van der Waals surface area contributed by atoms with Crippen molar-refractivity contribution in [3.63, 3.8) is 0 Å². The molecule has 7 heteroatoms. The lowest BCUT2D eigenvalue weighted by Gasteiger charge is -2.35.